The number of rotatable bonds is 11. The molecule has 36 heavy (non-hydrogen) atoms. The summed E-state index contributed by atoms with van der Waals surface area (Å²) in [7, 11) is 0. The minimum atomic E-state index is -0.743. The van der Waals surface area contributed by atoms with Crippen molar-refractivity contribution in [2.75, 3.05) is 0 Å². The summed E-state index contributed by atoms with van der Waals surface area (Å²) in [5, 5.41) is 0. The summed E-state index contributed by atoms with van der Waals surface area (Å²) in [4.78, 5) is 0. The van der Waals surface area contributed by atoms with Gasteiger partial charge in [-0.15, -0.1) is 0 Å². The second-order valence-corrected chi connectivity index (χ2v) is 14.2. The predicted molar refractivity (Wildman–Crippen MR) is 145 cm³/mol. The van der Waals surface area contributed by atoms with E-state index < -0.39 is 23.2 Å². The summed E-state index contributed by atoms with van der Waals surface area (Å²) in [6.45, 7) is 12.1. The van der Waals surface area contributed by atoms with Crippen molar-refractivity contribution < 1.29 is 48.0 Å². The Bertz CT molecular complexity index is 982. The Hall–Kier alpha value is -0.357. The molecule has 3 unspecified atom stereocenters. The van der Waals surface area contributed by atoms with Crippen molar-refractivity contribution in [1.82, 2.24) is 0 Å². The third-order valence-corrected chi connectivity index (χ3v) is 13.4. The maximum absolute atomic E-state index is 2.65. The monoisotopic (exact) mass is 602 g/mol. The van der Waals surface area contributed by atoms with Gasteiger partial charge in [0.2, 0.25) is 0 Å². The molecule has 3 aliphatic rings. The molecule has 0 radical (unpaired) electrons. The Morgan fingerprint density at radius 2 is 1.50 bits per heavy atom. The summed E-state index contributed by atoms with van der Waals surface area (Å²) < 4.78 is 2.84. The second-order valence-electron chi connectivity index (χ2n) is 10.8. The normalized spacial score (nSPS) is 23.2. The van der Waals surface area contributed by atoms with Gasteiger partial charge in [-0.1, -0.05) is 0 Å². The van der Waals surface area contributed by atoms with E-state index in [1.165, 1.54) is 76.2 Å². The first-order chi connectivity index (χ1) is 16.6. The van der Waals surface area contributed by atoms with Crippen LogP contribution < -0.4 is 24.8 Å². The largest absolute Gasteiger partial charge is 1.00 e. The van der Waals surface area contributed by atoms with Crippen LogP contribution in [-0.2, 0) is 23.2 Å². The zero-order valence-corrected chi connectivity index (χ0v) is 27.2. The van der Waals surface area contributed by atoms with Gasteiger partial charge in [-0.25, -0.2) is 0 Å². The molecule has 3 aliphatic carbocycles. The molecule has 0 amide bonds. The van der Waals surface area contributed by atoms with E-state index in [2.05, 4.69) is 71.0 Å². The van der Waals surface area contributed by atoms with E-state index in [4.69, 9.17) is 0 Å². The summed E-state index contributed by atoms with van der Waals surface area (Å²) in [5.74, 6) is 1.43. The molecule has 3 heteroatoms. The second kappa shape index (κ2) is 15.3. The molecule has 4 rings (SSSR count). The van der Waals surface area contributed by atoms with E-state index in [0.717, 1.165) is 9.54 Å². The van der Waals surface area contributed by atoms with Crippen LogP contribution in [0.2, 0.25) is 3.63 Å². The maximum Gasteiger partial charge on any atom is -1.00 e. The van der Waals surface area contributed by atoms with Gasteiger partial charge in [-0.3, -0.25) is 0 Å². The molecule has 0 spiro atoms. The molecule has 0 bridgehead atoms. The molecular weight excluding hydrogens is 558 g/mol. The first-order valence-electron chi connectivity index (χ1n) is 14.3. The standard InChI is InChI=1S/C17H29.C16H17.2ClH.Zr/c1-5-9-14-13-15(10-6-2)17(12-8-4)16(14)11-7-3;1-12-10-14-8-5-9-15(16(14)11-12)13-6-3-2-4-7-13;;;/h14H,5-12H2,1-4H3;2-4,6-7,10-11,15H,5,8-9H2,1H3;2*1H;/q;;;;+2/p-2. The van der Waals surface area contributed by atoms with Gasteiger partial charge in [-0.05, 0) is 0 Å². The summed E-state index contributed by atoms with van der Waals surface area (Å²) >= 11 is -0.743. The fourth-order valence-corrected chi connectivity index (χ4v) is 12.1. The van der Waals surface area contributed by atoms with Crippen molar-refractivity contribution in [2.45, 2.75) is 115 Å². The minimum absolute atomic E-state index is 0. The molecule has 0 fully saturated rings. The molecule has 0 nitrogen and oxygen atoms in total. The van der Waals surface area contributed by atoms with E-state index in [1.807, 2.05) is 25.6 Å². The SMILES string of the molecule is CCCC1=C(CCC)C(CCC)[C]([Zr+2][CH]2C(C)=CC3=C2CCCC3c2ccccc2)=C1CCC.[Cl-].[Cl-]. The van der Waals surface area contributed by atoms with E-state index >= 15 is 0 Å². The average molecular weight is 605 g/mol. The van der Waals surface area contributed by atoms with Crippen LogP contribution in [-0.4, -0.2) is 0 Å². The van der Waals surface area contributed by atoms with Gasteiger partial charge in [0.25, 0.3) is 0 Å². The molecule has 0 aromatic heterocycles. The molecule has 0 heterocycles. The van der Waals surface area contributed by atoms with Crippen LogP contribution in [0.4, 0.5) is 0 Å². The van der Waals surface area contributed by atoms with Gasteiger partial charge >= 0.3 is 223 Å². The molecular formula is C33H46Cl2Zr. The molecule has 1 aromatic rings. The topological polar surface area (TPSA) is 0 Å². The first kappa shape index (κ1) is 31.9. The number of hydrogen-bond acceptors (Lipinski definition) is 0. The van der Waals surface area contributed by atoms with Crippen LogP contribution in [0.1, 0.15) is 117 Å². The Kier molecular flexibility index (Phi) is 13.5. The van der Waals surface area contributed by atoms with Crippen molar-refractivity contribution in [3.05, 3.63) is 78.7 Å². The number of hydrogen-bond donors (Lipinski definition) is 0. The fourth-order valence-electron chi connectivity index (χ4n) is 6.95. The molecule has 0 saturated heterocycles. The molecule has 1 aromatic carbocycles. The van der Waals surface area contributed by atoms with Crippen molar-refractivity contribution in [1.29, 1.82) is 0 Å². The van der Waals surface area contributed by atoms with Crippen LogP contribution in [0, 0.1) is 5.92 Å². The number of halogens is 2. The Morgan fingerprint density at radius 1 is 0.833 bits per heavy atom. The Balaban J connectivity index is 0.00000228. The average Bonchev–Trinajstić information content (AvgIpc) is 3.30. The first-order valence-corrected chi connectivity index (χ1v) is 17.0. The molecule has 0 N–H and O–H groups in total. The smallest absolute Gasteiger partial charge is 1.00 e. The van der Waals surface area contributed by atoms with E-state index in [-0.39, 0.29) is 24.8 Å². The minimum Gasteiger partial charge on any atom is -1.00 e. The van der Waals surface area contributed by atoms with Gasteiger partial charge in [0.1, 0.15) is 0 Å². The van der Waals surface area contributed by atoms with Crippen LogP contribution in [0.3, 0.4) is 0 Å². The quantitative estimate of drug-likeness (QED) is 0.350. The third kappa shape index (κ3) is 6.61. The van der Waals surface area contributed by atoms with Crippen molar-refractivity contribution in [3.63, 3.8) is 0 Å². The van der Waals surface area contributed by atoms with Gasteiger partial charge in [-0.2, -0.15) is 0 Å². The van der Waals surface area contributed by atoms with E-state index in [9.17, 15) is 0 Å². The molecule has 0 saturated carbocycles. The third-order valence-electron chi connectivity index (χ3n) is 8.32. The van der Waals surface area contributed by atoms with Crippen molar-refractivity contribution >= 4 is 0 Å². The van der Waals surface area contributed by atoms with Crippen molar-refractivity contribution in [3.8, 4) is 0 Å². The van der Waals surface area contributed by atoms with Gasteiger partial charge in [0.05, 0.1) is 0 Å². The maximum atomic E-state index is 2.65. The Labute approximate surface area is 246 Å². The Morgan fingerprint density at radius 3 is 2.14 bits per heavy atom. The summed E-state index contributed by atoms with van der Waals surface area (Å²) in [5.41, 5.74) is 12.4. The van der Waals surface area contributed by atoms with Gasteiger partial charge < -0.3 is 24.8 Å². The van der Waals surface area contributed by atoms with E-state index in [0.29, 0.717) is 5.92 Å². The fraction of sp³-hybridized carbons (Fsp3) is 0.576. The van der Waals surface area contributed by atoms with Gasteiger partial charge in [0, 0.05) is 0 Å². The molecule has 0 aliphatic heterocycles. The predicted octanol–water partition coefficient (Wildman–Crippen LogP) is 4.47. The molecule has 3 atom stereocenters. The van der Waals surface area contributed by atoms with Crippen LogP contribution >= 0.6 is 0 Å². The zero-order chi connectivity index (χ0) is 24.1. The van der Waals surface area contributed by atoms with Crippen LogP contribution in [0.5, 0.6) is 0 Å². The zero-order valence-electron chi connectivity index (χ0n) is 23.2. The van der Waals surface area contributed by atoms with Gasteiger partial charge in [0.15, 0.2) is 0 Å². The summed E-state index contributed by atoms with van der Waals surface area (Å²) in [6.07, 6.45) is 17.3. The molecule has 196 valence electrons. The van der Waals surface area contributed by atoms with Crippen molar-refractivity contribution in [2.24, 2.45) is 5.92 Å². The summed E-state index contributed by atoms with van der Waals surface area (Å²) in [6, 6.07) is 11.4. The van der Waals surface area contributed by atoms with E-state index in [1.54, 1.807) is 11.1 Å². The van der Waals surface area contributed by atoms with Crippen LogP contribution in [0.25, 0.3) is 0 Å². The van der Waals surface area contributed by atoms with Crippen LogP contribution in [0.15, 0.2) is 73.1 Å². The number of allylic oxidation sites excluding steroid dienone is 8. The number of benzene rings is 1.